The third-order valence-corrected chi connectivity index (χ3v) is 11.3. The number of anilines is 6. The van der Waals surface area contributed by atoms with Crippen LogP contribution < -0.4 is 19.3 Å². The van der Waals surface area contributed by atoms with E-state index in [0.717, 1.165) is 102 Å². The van der Waals surface area contributed by atoms with E-state index in [9.17, 15) is 0 Å². The van der Waals surface area contributed by atoms with Crippen molar-refractivity contribution in [1.29, 1.82) is 0 Å². The smallest absolute Gasteiger partial charge is 0.151 e. The quantitative estimate of drug-likeness (QED) is 0.162. The first-order chi connectivity index (χ1) is 29.7. The lowest BCUT2D eigenvalue weighted by molar-refractivity contribution is 0.477. The van der Waals surface area contributed by atoms with Crippen LogP contribution in [0.1, 0.15) is 0 Å². The Morgan fingerprint density at radius 2 is 0.683 bits per heavy atom. The highest BCUT2D eigenvalue weighted by Gasteiger charge is 2.29. The Bertz CT molecular complexity index is 2860. The fraction of sp³-hybridized carbons (Fsp3) is 0. The molecule has 1 aliphatic carbocycles. The summed E-state index contributed by atoms with van der Waals surface area (Å²) in [5, 5.41) is 2.37. The summed E-state index contributed by atoms with van der Waals surface area (Å²) < 4.78 is 12.6. The maximum atomic E-state index is 6.29. The fourth-order valence-electron chi connectivity index (χ4n) is 8.65. The first kappa shape index (κ1) is 35.0. The molecule has 0 spiro atoms. The van der Waals surface area contributed by atoms with E-state index < -0.39 is 0 Å². The second-order valence-electron chi connectivity index (χ2n) is 14.6. The molecule has 0 N–H and O–H groups in total. The standard InChI is InChI=1S/C50H30N4O2.C4H6/c1-5-13-43-39(9-1)53(40-10-2-6-14-44(40)55-43)33-21-17-31(18-22-33)35-25-27-37-48-38(50-49(37)51-29-30-52-50)28-26-36(47(35)48)32-19-23-34(24-20-32)54-41-11-3-7-15-45(41)56-46-16-8-4-12-42(46)54;1-3-4-2/h1-30H;3-4H,1-2H2. The van der Waals surface area contributed by atoms with Gasteiger partial charge in [0.05, 0.1) is 34.1 Å². The monoisotopic (exact) mass is 772 g/mol. The molecule has 12 rings (SSSR count). The highest BCUT2D eigenvalue weighted by atomic mass is 16.5. The Balaban J connectivity index is 0.000000980. The highest BCUT2D eigenvalue weighted by molar-refractivity contribution is 6.21. The average molecular weight is 773 g/mol. The van der Waals surface area contributed by atoms with Crippen molar-refractivity contribution in [2.75, 3.05) is 9.80 Å². The lowest BCUT2D eigenvalue weighted by atomic mass is 9.88. The van der Waals surface area contributed by atoms with Gasteiger partial charge in [0.2, 0.25) is 0 Å². The molecule has 3 aliphatic rings. The summed E-state index contributed by atoms with van der Waals surface area (Å²) in [5.41, 5.74) is 14.8. The second-order valence-corrected chi connectivity index (χ2v) is 14.6. The third-order valence-electron chi connectivity index (χ3n) is 11.3. The summed E-state index contributed by atoms with van der Waals surface area (Å²) in [4.78, 5) is 14.2. The van der Waals surface area contributed by atoms with Crippen LogP contribution in [0.5, 0.6) is 23.0 Å². The van der Waals surface area contributed by atoms with Gasteiger partial charge in [0.25, 0.3) is 0 Å². The Labute approximate surface area is 348 Å². The number of rotatable bonds is 5. The van der Waals surface area contributed by atoms with E-state index in [1.165, 1.54) is 10.8 Å². The van der Waals surface area contributed by atoms with Gasteiger partial charge in [-0.15, -0.1) is 0 Å². The molecule has 8 aromatic carbocycles. The zero-order valence-electron chi connectivity index (χ0n) is 32.5. The van der Waals surface area contributed by atoms with Crippen molar-refractivity contribution in [3.05, 3.63) is 208 Å². The van der Waals surface area contributed by atoms with Crippen LogP contribution in [0.25, 0.3) is 55.5 Å². The molecule has 0 fully saturated rings. The highest BCUT2D eigenvalue weighted by Crippen LogP contribution is 2.54. The maximum absolute atomic E-state index is 6.29. The minimum Gasteiger partial charge on any atom is -0.453 e. The number of hydrogen-bond acceptors (Lipinski definition) is 6. The van der Waals surface area contributed by atoms with Crippen molar-refractivity contribution in [3.8, 4) is 67.8 Å². The van der Waals surface area contributed by atoms with Gasteiger partial charge in [0, 0.05) is 40.3 Å². The molecule has 9 aromatic rings. The van der Waals surface area contributed by atoms with Gasteiger partial charge < -0.3 is 19.3 Å². The van der Waals surface area contributed by atoms with Gasteiger partial charge in [-0.05, 0) is 100 Å². The summed E-state index contributed by atoms with van der Waals surface area (Å²) in [7, 11) is 0. The van der Waals surface area contributed by atoms with Crippen LogP contribution in [-0.4, -0.2) is 9.97 Å². The van der Waals surface area contributed by atoms with Gasteiger partial charge in [-0.3, -0.25) is 9.97 Å². The molecule has 0 radical (unpaired) electrons. The topological polar surface area (TPSA) is 50.7 Å². The predicted octanol–water partition coefficient (Wildman–Crippen LogP) is 15.1. The van der Waals surface area contributed by atoms with E-state index >= 15 is 0 Å². The Morgan fingerprint density at radius 3 is 1.03 bits per heavy atom. The lowest BCUT2D eigenvalue weighted by Gasteiger charge is -2.32. The van der Waals surface area contributed by atoms with E-state index in [1.807, 2.05) is 48.5 Å². The van der Waals surface area contributed by atoms with Gasteiger partial charge in [-0.1, -0.05) is 122 Å². The van der Waals surface area contributed by atoms with Gasteiger partial charge in [0.1, 0.15) is 0 Å². The molecule has 284 valence electrons. The summed E-state index contributed by atoms with van der Waals surface area (Å²) >= 11 is 0. The molecule has 0 amide bonds. The van der Waals surface area contributed by atoms with Crippen LogP contribution in [0.15, 0.2) is 208 Å². The predicted molar refractivity (Wildman–Crippen MR) is 245 cm³/mol. The fourth-order valence-corrected chi connectivity index (χ4v) is 8.65. The Morgan fingerprint density at radius 1 is 0.367 bits per heavy atom. The van der Waals surface area contributed by atoms with E-state index in [0.29, 0.717) is 0 Å². The van der Waals surface area contributed by atoms with Crippen molar-refractivity contribution in [2.24, 2.45) is 0 Å². The molecule has 2 aliphatic heterocycles. The van der Waals surface area contributed by atoms with Crippen molar-refractivity contribution in [1.82, 2.24) is 9.97 Å². The molecule has 0 unspecified atom stereocenters. The molecule has 0 atom stereocenters. The number of para-hydroxylation sites is 8. The number of ether oxygens (including phenoxy) is 2. The average Bonchev–Trinajstić information content (AvgIpc) is 3.64. The minimum absolute atomic E-state index is 0.835. The van der Waals surface area contributed by atoms with E-state index in [4.69, 9.17) is 19.4 Å². The SMILES string of the molecule is C=CC=C.c1ccc2c(c1)Oc1ccccc1N2c1ccc(-c2ccc3c4c(ccc(-c5ccc(N6c7ccccc7Oc7ccccc76)cc5)c24)-c2nccnc2-3)cc1. The van der Waals surface area contributed by atoms with Crippen LogP contribution in [0.4, 0.5) is 34.1 Å². The molecular formula is C54H36N4O2. The van der Waals surface area contributed by atoms with E-state index in [1.54, 1.807) is 24.5 Å². The van der Waals surface area contributed by atoms with Crippen LogP contribution in [0.2, 0.25) is 0 Å². The zero-order valence-corrected chi connectivity index (χ0v) is 32.5. The number of allylic oxidation sites excluding steroid dienone is 2. The largest absolute Gasteiger partial charge is 0.453 e. The first-order valence-corrected chi connectivity index (χ1v) is 19.9. The number of fused-ring (bicyclic) bond motifs is 7. The van der Waals surface area contributed by atoms with Crippen molar-refractivity contribution < 1.29 is 9.47 Å². The lowest BCUT2D eigenvalue weighted by Crippen LogP contribution is -2.15. The summed E-state index contributed by atoms with van der Waals surface area (Å²) in [5.74, 6) is 3.34. The number of aromatic nitrogens is 2. The summed E-state index contributed by atoms with van der Waals surface area (Å²) in [6.45, 7) is 6.72. The van der Waals surface area contributed by atoms with Crippen LogP contribution in [0, 0.1) is 0 Å². The summed E-state index contributed by atoms with van der Waals surface area (Å²) in [6.07, 6.45) is 6.85. The molecule has 1 aromatic heterocycles. The number of benzene rings is 8. The van der Waals surface area contributed by atoms with Crippen molar-refractivity contribution >= 4 is 44.9 Å². The van der Waals surface area contributed by atoms with Crippen LogP contribution in [-0.2, 0) is 0 Å². The zero-order chi connectivity index (χ0) is 40.2. The minimum atomic E-state index is 0.835. The van der Waals surface area contributed by atoms with Crippen molar-refractivity contribution in [3.63, 3.8) is 0 Å². The molecule has 6 nitrogen and oxygen atoms in total. The molecule has 3 heterocycles. The molecular weight excluding hydrogens is 737 g/mol. The molecule has 6 heteroatoms. The van der Waals surface area contributed by atoms with E-state index in [2.05, 4.69) is 144 Å². The van der Waals surface area contributed by atoms with Crippen LogP contribution in [0.3, 0.4) is 0 Å². The van der Waals surface area contributed by atoms with Gasteiger partial charge in [0.15, 0.2) is 23.0 Å². The summed E-state index contributed by atoms with van der Waals surface area (Å²) in [6, 6.07) is 59.5. The normalized spacial score (nSPS) is 12.3. The molecule has 0 saturated heterocycles. The Kier molecular flexibility index (Phi) is 8.34. The molecule has 0 saturated carbocycles. The van der Waals surface area contributed by atoms with Crippen LogP contribution >= 0.6 is 0 Å². The van der Waals surface area contributed by atoms with Gasteiger partial charge >= 0.3 is 0 Å². The second kappa shape index (κ2) is 14.3. The third kappa shape index (κ3) is 5.57. The van der Waals surface area contributed by atoms with Gasteiger partial charge in [-0.2, -0.15) is 0 Å². The maximum Gasteiger partial charge on any atom is 0.151 e. The van der Waals surface area contributed by atoms with Gasteiger partial charge in [-0.25, -0.2) is 0 Å². The molecule has 0 bridgehead atoms. The van der Waals surface area contributed by atoms with Crippen molar-refractivity contribution in [2.45, 2.75) is 0 Å². The number of hydrogen-bond donors (Lipinski definition) is 0. The van der Waals surface area contributed by atoms with E-state index in [-0.39, 0.29) is 0 Å². The Hall–Kier alpha value is -8.22. The first-order valence-electron chi connectivity index (χ1n) is 19.9. The number of nitrogens with zero attached hydrogens (tertiary/aromatic N) is 4. The molecule has 60 heavy (non-hydrogen) atoms.